The molecule has 0 saturated carbocycles. The van der Waals surface area contributed by atoms with Crippen molar-refractivity contribution in [2.75, 3.05) is 25.1 Å². The molecule has 136 valence electrons. The van der Waals surface area contributed by atoms with Crippen LogP contribution in [0.15, 0.2) is 29.2 Å². The second-order valence-electron chi connectivity index (χ2n) is 6.37. The van der Waals surface area contributed by atoms with Gasteiger partial charge < -0.3 is 14.8 Å². The van der Waals surface area contributed by atoms with Crippen molar-refractivity contribution in [3.05, 3.63) is 57.3 Å². The molecule has 26 heavy (non-hydrogen) atoms. The molecule has 3 heterocycles. The first-order valence-corrected chi connectivity index (χ1v) is 8.65. The molecular weight excluding hydrogens is 337 g/mol. The van der Waals surface area contributed by atoms with Crippen LogP contribution >= 0.6 is 0 Å². The highest BCUT2D eigenvalue weighted by atomic mass is 19.1. The number of fused-ring (bicyclic) bond motifs is 1. The molecule has 7 heteroatoms. The minimum atomic E-state index is -0.282. The van der Waals surface area contributed by atoms with Gasteiger partial charge in [-0.25, -0.2) is 9.37 Å². The van der Waals surface area contributed by atoms with Crippen LogP contribution in [0.4, 0.5) is 10.3 Å². The van der Waals surface area contributed by atoms with E-state index in [-0.39, 0.29) is 17.9 Å². The average Bonchev–Trinajstić information content (AvgIpc) is 3.14. The molecule has 1 aromatic heterocycles. The zero-order valence-electron chi connectivity index (χ0n) is 14.5. The highest BCUT2D eigenvalue weighted by Crippen LogP contribution is 2.30. The van der Waals surface area contributed by atoms with Crippen LogP contribution in [-0.2, 0) is 24.8 Å². The van der Waals surface area contributed by atoms with Crippen LogP contribution in [0, 0.1) is 5.82 Å². The van der Waals surface area contributed by atoms with Crippen LogP contribution in [0.1, 0.15) is 23.1 Å². The number of aromatic nitrogens is 2. The van der Waals surface area contributed by atoms with E-state index in [1.165, 1.54) is 10.6 Å². The molecule has 4 rings (SSSR count). The van der Waals surface area contributed by atoms with Gasteiger partial charge in [-0.15, -0.1) is 0 Å². The third-order valence-electron chi connectivity index (χ3n) is 4.84. The summed E-state index contributed by atoms with van der Waals surface area (Å²) in [5.74, 6) is 0.852. The predicted octanol–water partition coefficient (Wildman–Crippen LogP) is 2.27. The molecule has 0 atom stereocenters. The van der Waals surface area contributed by atoms with Crippen LogP contribution in [0.5, 0.6) is 5.75 Å². The molecule has 6 nitrogen and oxygen atoms in total. The lowest BCUT2D eigenvalue weighted by Crippen LogP contribution is -2.26. The molecule has 0 spiro atoms. The molecule has 0 amide bonds. The van der Waals surface area contributed by atoms with Crippen LogP contribution in [0.25, 0.3) is 5.57 Å². The van der Waals surface area contributed by atoms with E-state index in [0.29, 0.717) is 49.7 Å². The van der Waals surface area contributed by atoms with Crippen molar-refractivity contribution >= 4 is 11.5 Å². The van der Waals surface area contributed by atoms with E-state index in [4.69, 9.17) is 9.47 Å². The summed E-state index contributed by atoms with van der Waals surface area (Å²) in [5, 5.41) is 3.08. The fourth-order valence-electron chi connectivity index (χ4n) is 3.37. The number of ether oxygens (including phenoxy) is 2. The quantitative estimate of drug-likeness (QED) is 0.909. The number of anilines is 1. The van der Waals surface area contributed by atoms with Gasteiger partial charge in [-0.3, -0.25) is 9.36 Å². The van der Waals surface area contributed by atoms with Gasteiger partial charge in [-0.2, -0.15) is 0 Å². The molecule has 2 aliphatic rings. The first-order valence-electron chi connectivity index (χ1n) is 8.65. The Morgan fingerprint density at radius 2 is 2.19 bits per heavy atom. The second kappa shape index (κ2) is 6.92. The van der Waals surface area contributed by atoms with Gasteiger partial charge in [0, 0.05) is 37.3 Å². The van der Waals surface area contributed by atoms with Gasteiger partial charge in [-0.05, 0) is 24.1 Å². The summed E-state index contributed by atoms with van der Waals surface area (Å²) in [6.07, 6.45) is 4.88. The molecule has 0 saturated heterocycles. The Bertz CT molecular complexity index is 936. The van der Waals surface area contributed by atoms with E-state index < -0.39 is 0 Å². The maximum atomic E-state index is 14.2. The van der Waals surface area contributed by atoms with Crippen molar-refractivity contribution in [1.29, 1.82) is 0 Å². The summed E-state index contributed by atoms with van der Waals surface area (Å²) in [4.78, 5) is 17.0. The topological polar surface area (TPSA) is 65.4 Å². The maximum absolute atomic E-state index is 14.2. The molecule has 1 aromatic carbocycles. The van der Waals surface area contributed by atoms with Gasteiger partial charge in [0.25, 0.3) is 5.56 Å². The Labute approximate surface area is 150 Å². The van der Waals surface area contributed by atoms with Crippen molar-refractivity contribution in [2.24, 2.45) is 7.05 Å². The lowest BCUT2D eigenvalue weighted by Gasteiger charge is -2.16. The molecule has 1 N–H and O–H groups in total. The van der Waals surface area contributed by atoms with Gasteiger partial charge in [0.05, 0.1) is 25.4 Å². The van der Waals surface area contributed by atoms with Gasteiger partial charge in [0.15, 0.2) is 0 Å². The molecule has 0 aliphatic carbocycles. The number of benzene rings is 1. The Morgan fingerprint density at radius 1 is 1.31 bits per heavy atom. The lowest BCUT2D eigenvalue weighted by molar-refractivity contribution is 0.161. The van der Waals surface area contributed by atoms with E-state index in [1.54, 1.807) is 19.3 Å². The SMILES string of the molecule is Cn1c(NCc2c(F)ccc3c2CCO3)ncc(C2=CCOCC2)c1=O. The number of hydrogen-bond donors (Lipinski definition) is 1. The van der Waals surface area contributed by atoms with Crippen LogP contribution in [-0.4, -0.2) is 29.4 Å². The van der Waals surface area contributed by atoms with E-state index in [1.807, 2.05) is 6.08 Å². The number of hydrogen-bond acceptors (Lipinski definition) is 5. The Balaban J connectivity index is 1.59. The first-order chi connectivity index (χ1) is 12.6. The number of nitrogens with one attached hydrogen (secondary N) is 1. The summed E-state index contributed by atoms with van der Waals surface area (Å²) in [6, 6.07) is 3.07. The van der Waals surface area contributed by atoms with Gasteiger partial charge >= 0.3 is 0 Å². The van der Waals surface area contributed by atoms with Gasteiger partial charge in [0.1, 0.15) is 11.6 Å². The van der Waals surface area contributed by atoms with Crippen LogP contribution < -0.4 is 15.6 Å². The summed E-state index contributed by atoms with van der Waals surface area (Å²) in [5.41, 5.74) is 2.86. The average molecular weight is 357 g/mol. The summed E-state index contributed by atoms with van der Waals surface area (Å²) in [7, 11) is 1.66. The van der Waals surface area contributed by atoms with Crippen molar-refractivity contribution < 1.29 is 13.9 Å². The van der Waals surface area contributed by atoms with Crippen molar-refractivity contribution in [1.82, 2.24) is 9.55 Å². The van der Waals surface area contributed by atoms with Crippen molar-refractivity contribution in [3.8, 4) is 5.75 Å². The number of rotatable bonds is 4. The minimum Gasteiger partial charge on any atom is -0.493 e. The highest BCUT2D eigenvalue weighted by molar-refractivity contribution is 5.65. The van der Waals surface area contributed by atoms with E-state index in [0.717, 1.165) is 16.9 Å². The summed E-state index contributed by atoms with van der Waals surface area (Å²) in [6.45, 7) is 1.93. The molecule has 0 unspecified atom stereocenters. The van der Waals surface area contributed by atoms with Crippen molar-refractivity contribution in [2.45, 2.75) is 19.4 Å². The smallest absolute Gasteiger partial charge is 0.262 e. The fraction of sp³-hybridized carbons (Fsp3) is 0.368. The monoisotopic (exact) mass is 357 g/mol. The zero-order valence-corrected chi connectivity index (χ0v) is 14.5. The normalized spacial score (nSPS) is 16.0. The highest BCUT2D eigenvalue weighted by Gasteiger charge is 2.20. The third-order valence-corrected chi connectivity index (χ3v) is 4.84. The Kier molecular flexibility index (Phi) is 4.46. The van der Waals surface area contributed by atoms with Gasteiger partial charge in [0.2, 0.25) is 5.95 Å². The molecule has 2 aromatic rings. The molecule has 0 bridgehead atoms. The molecular formula is C19H20FN3O3. The lowest BCUT2D eigenvalue weighted by atomic mass is 10.0. The molecule has 0 radical (unpaired) electrons. The molecule has 2 aliphatic heterocycles. The van der Waals surface area contributed by atoms with E-state index >= 15 is 0 Å². The number of nitrogens with zero attached hydrogens (tertiary/aromatic N) is 2. The first kappa shape index (κ1) is 16.8. The number of halogens is 1. The fourth-order valence-corrected chi connectivity index (χ4v) is 3.37. The Morgan fingerprint density at radius 3 is 3.00 bits per heavy atom. The largest absolute Gasteiger partial charge is 0.493 e. The Hall–Kier alpha value is -2.67. The minimum absolute atomic E-state index is 0.127. The second-order valence-corrected chi connectivity index (χ2v) is 6.37. The zero-order chi connectivity index (χ0) is 18.1. The van der Waals surface area contributed by atoms with E-state index in [2.05, 4.69) is 10.3 Å². The summed E-state index contributed by atoms with van der Waals surface area (Å²) < 4.78 is 26.5. The van der Waals surface area contributed by atoms with Crippen molar-refractivity contribution in [3.63, 3.8) is 0 Å². The summed E-state index contributed by atoms with van der Waals surface area (Å²) >= 11 is 0. The maximum Gasteiger partial charge on any atom is 0.262 e. The van der Waals surface area contributed by atoms with Gasteiger partial charge in [-0.1, -0.05) is 6.08 Å². The van der Waals surface area contributed by atoms with E-state index in [9.17, 15) is 9.18 Å². The standard InChI is InChI=1S/C19H20FN3O3/c1-23-18(24)14(12-4-7-25-8-5-12)10-21-19(23)22-11-15-13-6-9-26-17(13)3-2-16(15)20/h2-4,10H,5-9,11H2,1H3,(H,21,22). The third kappa shape index (κ3) is 2.99. The molecule has 0 fully saturated rings. The van der Waals surface area contributed by atoms with Crippen LogP contribution in [0.2, 0.25) is 0 Å². The van der Waals surface area contributed by atoms with Crippen LogP contribution in [0.3, 0.4) is 0 Å². The predicted molar refractivity (Wildman–Crippen MR) is 95.8 cm³/mol.